The van der Waals surface area contributed by atoms with Gasteiger partial charge < -0.3 is 0 Å². The van der Waals surface area contributed by atoms with E-state index in [1.165, 1.54) is 0 Å². The molecule has 0 atom stereocenters. The number of fused-ring (bicyclic) bond motifs is 1. The minimum atomic E-state index is -0.504. The van der Waals surface area contributed by atoms with E-state index in [1.54, 1.807) is 28.9 Å². The van der Waals surface area contributed by atoms with E-state index in [2.05, 4.69) is 14.8 Å². The minimum absolute atomic E-state index is 0.0778. The van der Waals surface area contributed by atoms with E-state index < -0.39 is 5.91 Å². The van der Waals surface area contributed by atoms with Crippen LogP contribution in [0.5, 0.6) is 0 Å². The first-order chi connectivity index (χ1) is 13.6. The molecule has 4 aromatic rings. The lowest BCUT2D eigenvalue weighted by molar-refractivity contribution is 0.0706. The Hall–Kier alpha value is -3.03. The number of imidazole rings is 1. The lowest BCUT2D eigenvalue weighted by atomic mass is 9.95. The van der Waals surface area contributed by atoms with Gasteiger partial charge in [-0.05, 0) is 49.6 Å². The Morgan fingerprint density at radius 1 is 1.18 bits per heavy atom. The molecule has 3 aromatic heterocycles. The number of carbonyl (C=O) groups is 1. The summed E-state index contributed by atoms with van der Waals surface area (Å²) in [4.78, 5) is 21.2. The molecule has 1 amide bonds. The van der Waals surface area contributed by atoms with Gasteiger partial charge in [-0.25, -0.2) is 15.4 Å². The molecule has 0 spiro atoms. The summed E-state index contributed by atoms with van der Waals surface area (Å²) in [5.74, 6) is -0.504. The summed E-state index contributed by atoms with van der Waals surface area (Å²) in [5.41, 5.74) is 7.03. The molecule has 0 bridgehead atoms. The first kappa shape index (κ1) is 17.1. The van der Waals surface area contributed by atoms with Crippen LogP contribution in [0.3, 0.4) is 0 Å². The van der Waals surface area contributed by atoms with Crippen molar-refractivity contribution in [3.8, 4) is 11.4 Å². The average molecular weight is 390 g/mol. The van der Waals surface area contributed by atoms with Gasteiger partial charge in [0.2, 0.25) is 0 Å². The molecule has 1 aliphatic carbocycles. The largest absolute Gasteiger partial charge is 0.298 e. The summed E-state index contributed by atoms with van der Waals surface area (Å²) in [7, 11) is 0. The zero-order valence-electron chi connectivity index (χ0n) is 15.2. The highest BCUT2D eigenvalue weighted by atomic mass is 32.1. The van der Waals surface area contributed by atoms with Crippen molar-refractivity contribution in [1.29, 1.82) is 0 Å². The van der Waals surface area contributed by atoms with Crippen molar-refractivity contribution in [3.63, 3.8) is 0 Å². The molecule has 1 saturated carbocycles. The summed E-state index contributed by atoms with van der Waals surface area (Å²) >= 11 is 1.67. The number of thiazole rings is 1. The van der Waals surface area contributed by atoms with E-state index in [0.29, 0.717) is 5.56 Å². The smallest absolute Gasteiger partial charge is 0.274 e. The maximum absolute atomic E-state index is 11.6. The summed E-state index contributed by atoms with van der Waals surface area (Å²) in [6.45, 7) is 2.01. The molecule has 0 unspecified atom stereocenters. The molecule has 0 aliphatic heterocycles. The fourth-order valence-electron chi connectivity index (χ4n) is 3.78. The van der Waals surface area contributed by atoms with Crippen LogP contribution in [-0.2, 0) is 5.41 Å². The van der Waals surface area contributed by atoms with Crippen molar-refractivity contribution in [1.82, 2.24) is 19.8 Å². The van der Waals surface area contributed by atoms with Crippen LogP contribution in [0.15, 0.2) is 54.0 Å². The third-order valence-electron chi connectivity index (χ3n) is 5.41. The third kappa shape index (κ3) is 2.55. The maximum atomic E-state index is 11.6. The quantitative estimate of drug-likeness (QED) is 0.408. The predicted molar refractivity (Wildman–Crippen MR) is 107 cm³/mol. The van der Waals surface area contributed by atoms with E-state index in [-0.39, 0.29) is 5.41 Å². The van der Waals surface area contributed by atoms with E-state index in [0.717, 1.165) is 46.1 Å². The van der Waals surface area contributed by atoms with Crippen LogP contribution >= 0.6 is 11.3 Å². The van der Waals surface area contributed by atoms with Crippen LogP contribution < -0.4 is 5.48 Å². The highest BCUT2D eigenvalue weighted by molar-refractivity contribution is 7.10. The number of hydroxylamine groups is 1. The van der Waals surface area contributed by atoms with Crippen LogP contribution in [0.25, 0.3) is 17.0 Å². The van der Waals surface area contributed by atoms with Gasteiger partial charge in [0.25, 0.3) is 5.91 Å². The van der Waals surface area contributed by atoms with Gasteiger partial charge in [0.15, 0.2) is 0 Å². The Morgan fingerprint density at radius 3 is 2.68 bits per heavy atom. The number of aryl methyl sites for hydroxylation is 1. The molecule has 1 fully saturated rings. The molecule has 1 aromatic carbocycles. The fraction of sp³-hybridized carbons (Fsp3) is 0.190. The number of hydrogen-bond acceptors (Lipinski definition) is 5. The van der Waals surface area contributed by atoms with Gasteiger partial charge in [-0.3, -0.25) is 14.4 Å². The molecule has 3 heterocycles. The molecule has 28 heavy (non-hydrogen) atoms. The minimum Gasteiger partial charge on any atom is -0.298 e. The molecular formula is C21H18N4O2S. The summed E-state index contributed by atoms with van der Waals surface area (Å²) in [6, 6.07) is 13.4. The zero-order chi connectivity index (χ0) is 19.3. The van der Waals surface area contributed by atoms with Crippen LogP contribution in [0.1, 0.15) is 39.5 Å². The zero-order valence-corrected chi connectivity index (χ0v) is 16.0. The molecule has 5 rings (SSSR count). The highest BCUT2D eigenvalue weighted by Gasteiger charge is 2.48. The van der Waals surface area contributed by atoms with Gasteiger partial charge in [-0.15, -0.1) is 11.3 Å². The fourth-order valence-corrected chi connectivity index (χ4v) is 4.87. The highest BCUT2D eigenvalue weighted by Crippen LogP contribution is 2.54. The van der Waals surface area contributed by atoms with Gasteiger partial charge in [-0.2, -0.15) is 0 Å². The van der Waals surface area contributed by atoms with Crippen molar-refractivity contribution in [2.45, 2.75) is 25.2 Å². The van der Waals surface area contributed by atoms with Crippen molar-refractivity contribution >= 4 is 22.9 Å². The number of hydrogen-bond donors (Lipinski definition) is 2. The Kier molecular flexibility index (Phi) is 3.82. The van der Waals surface area contributed by atoms with Crippen LogP contribution in [0.4, 0.5) is 0 Å². The third-order valence-corrected chi connectivity index (χ3v) is 6.46. The van der Waals surface area contributed by atoms with Gasteiger partial charge >= 0.3 is 0 Å². The number of pyridine rings is 1. The lowest BCUT2D eigenvalue weighted by Gasteiger charge is -2.13. The molecule has 6 nitrogen and oxygen atoms in total. The summed E-state index contributed by atoms with van der Waals surface area (Å²) in [6.07, 6.45) is 4.09. The van der Waals surface area contributed by atoms with Crippen molar-refractivity contribution in [2.75, 3.05) is 0 Å². The van der Waals surface area contributed by atoms with Crippen molar-refractivity contribution < 1.29 is 10.0 Å². The summed E-state index contributed by atoms with van der Waals surface area (Å²) in [5, 5.41) is 12.0. The number of carbonyl (C=O) groups excluding carboxylic acids is 1. The van der Waals surface area contributed by atoms with Crippen LogP contribution in [0.2, 0.25) is 0 Å². The van der Waals surface area contributed by atoms with Crippen LogP contribution in [0, 0.1) is 6.92 Å². The Morgan fingerprint density at radius 2 is 1.96 bits per heavy atom. The first-order valence-corrected chi connectivity index (χ1v) is 9.95. The molecule has 1 aliphatic rings. The standard InChI is InChI=1S/C21H18N4O2S/c1-13-18(25-11-3-2-4-17(25)22-13)16-12-28-20(23-16)21(9-10-21)15-7-5-14(6-8-15)19(26)24-27/h2-8,11-12,27H,9-10H2,1H3,(H,24,26). The predicted octanol–water partition coefficient (Wildman–Crippen LogP) is 3.97. The van der Waals surface area contributed by atoms with E-state index >= 15 is 0 Å². The topological polar surface area (TPSA) is 79.5 Å². The molecular weight excluding hydrogens is 372 g/mol. The molecule has 0 saturated heterocycles. The van der Waals surface area contributed by atoms with Crippen LogP contribution in [-0.4, -0.2) is 25.5 Å². The number of rotatable bonds is 4. The molecule has 140 valence electrons. The SMILES string of the molecule is Cc1nc2ccccn2c1-c1csc(C2(c3ccc(C(=O)NO)cc3)CC2)n1. The number of benzene rings is 1. The van der Waals surface area contributed by atoms with Gasteiger partial charge in [0.05, 0.1) is 11.4 Å². The Balaban J connectivity index is 1.52. The number of aromatic nitrogens is 3. The monoisotopic (exact) mass is 390 g/mol. The Labute approximate surface area is 165 Å². The van der Waals surface area contributed by atoms with E-state index in [1.807, 2.05) is 43.5 Å². The molecule has 7 heteroatoms. The number of nitrogens with zero attached hydrogens (tertiary/aromatic N) is 3. The Bertz CT molecular complexity index is 1190. The van der Waals surface area contributed by atoms with Crippen molar-refractivity contribution in [2.24, 2.45) is 0 Å². The maximum Gasteiger partial charge on any atom is 0.274 e. The van der Waals surface area contributed by atoms with Gasteiger partial charge in [0.1, 0.15) is 16.3 Å². The average Bonchev–Trinajstić information content (AvgIpc) is 3.26. The second-order valence-corrected chi connectivity index (χ2v) is 7.97. The lowest BCUT2D eigenvalue weighted by Crippen LogP contribution is -2.18. The second kappa shape index (κ2) is 6.25. The van der Waals surface area contributed by atoms with E-state index in [4.69, 9.17) is 10.2 Å². The number of amides is 1. The van der Waals surface area contributed by atoms with Gasteiger partial charge in [0, 0.05) is 22.6 Å². The normalized spacial score (nSPS) is 14.9. The second-order valence-electron chi connectivity index (χ2n) is 7.11. The number of nitrogens with one attached hydrogen (secondary N) is 1. The van der Waals surface area contributed by atoms with Gasteiger partial charge in [-0.1, -0.05) is 18.2 Å². The van der Waals surface area contributed by atoms with E-state index in [9.17, 15) is 4.79 Å². The molecule has 0 radical (unpaired) electrons. The summed E-state index contributed by atoms with van der Waals surface area (Å²) < 4.78 is 2.08. The molecule has 2 N–H and O–H groups in total. The van der Waals surface area contributed by atoms with Crippen molar-refractivity contribution in [3.05, 3.63) is 75.9 Å². The first-order valence-electron chi connectivity index (χ1n) is 9.07.